The van der Waals surface area contributed by atoms with Crippen LogP contribution in [0.3, 0.4) is 0 Å². The summed E-state index contributed by atoms with van der Waals surface area (Å²) in [5.74, 6) is 0.434. The number of benzene rings is 1. The third kappa shape index (κ3) is 4.90. The topological polar surface area (TPSA) is 67.2 Å². The van der Waals surface area contributed by atoms with Crippen molar-refractivity contribution in [1.82, 2.24) is 19.2 Å². The van der Waals surface area contributed by atoms with Gasteiger partial charge in [-0.25, -0.2) is 13.4 Å². The molecule has 2 aromatic rings. The van der Waals surface area contributed by atoms with Crippen LogP contribution in [-0.2, 0) is 23.0 Å². The van der Waals surface area contributed by atoms with Crippen LogP contribution < -0.4 is 5.32 Å². The summed E-state index contributed by atoms with van der Waals surface area (Å²) < 4.78 is 29.9. The maximum atomic E-state index is 13.2. The van der Waals surface area contributed by atoms with Crippen molar-refractivity contribution in [3.8, 4) is 0 Å². The predicted molar refractivity (Wildman–Crippen MR) is 110 cm³/mol. The summed E-state index contributed by atoms with van der Waals surface area (Å²) in [5, 5.41) is 3.45. The second-order valence-electron chi connectivity index (χ2n) is 7.23. The van der Waals surface area contributed by atoms with E-state index in [9.17, 15) is 8.42 Å². The number of rotatable bonds is 6. The van der Waals surface area contributed by atoms with E-state index in [1.165, 1.54) is 5.56 Å². The van der Waals surface area contributed by atoms with Gasteiger partial charge in [-0.2, -0.15) is 4.31 Å². The Morgan fingerprint density at radius 3 is 2.59 bits per heavy atom. The molecule has 1 fully saturated rings. The quantitative estimate of drug-likeness (QED) is 0.792. The fourth-order valence-corrected chi connectivity index (χ4v) is 4.90. The number of hydrogen-bond acceptors (Lipinski definition) is 4. The maximum absolute atomic E-state index is 13.2. The molecular weight excluding hydrogens is 384 g/mol. The van der Waals surface area contributed by atoms with Crippen LogP contribution in [0.15, 0.2) is 41.8 Å². The minimum absolute atomic E-state index is 0. The van der Waals surface area contributed by atoms with Gasteiger partial charge < -0.3 is 9.88 Å². The first-order chi connectivity index (χ1) is 12.4. The van der Waals surface area contributed by atoms with Crippen molar-refractivity contribution >= 4 is 22.4 Å². The zero-order chi connectivity index (χ0) is 18.7. The van der Waals surface area contributed by atoms with E-state index in [-0.39, 0.29) is 23.5 Å². The molecule has 27 heavy (non-hydrogen) atoms. The highest BCUT2D eigenvalue weighted by Gasteiger charge is 2.35. The van der Waals surface area contributed by atoms with Crippen LogP contribution in [0.5, 0.6) is 0 Å². The maximum Gasteiger partial charge on any atom is 0.262 e. The molecule has 0 bridgehead atoms. The summed E-state index contributed by atoms with van der Waals surface area (Å²) in [7, 11) is -3.63. The Morgan fingerprint density at radius 1 is 1.26 bits per heavy atom. The summed E-state index contributed by atoms with van der Waals surface area (Å²) in [4.78, 5) is 4.18. The first-order valence-corrected chi connectivity index (χ1v) is 10.7. The Bertz CT molecular complexity index is 834. The van der Waals surface area contributed by atoms with E-state index in [4.69, 9.17) is 0 Å². The van der Waals surface area contributed by atoms with Crippen molar-refractivity contribution in [3.05, 3.63) is 47.9 Å². The largest absolute Gasteiger partial charge is 0.336 e. The molecule has 1 atom stereocenters. The number of nitrogens with zero attached hydrogens (tertiary/aromatic N) is 3. The average molecular weight is 413 g/mol. The second kappa shape index (κ2) is 9.19. The highest BCUT2D eigenvalue weighted by atomic mass is 35.5. The molecule has 6 nitrogen and oxygen atoms in total. The monoisotopic (exact) mass is 412 g/mol. The Balaban J connectivity index is 0.00000261. The molecule has 2 heterocycles. The van der Waals surface area contributed by atoms with Gasteiger partial charge in [-0.15, -0.1) is 12.4 Å². The number of nitrogens with one attached hydrogen (secondary N) is 1. The second-order valence-corrected chi connectivity index (χ2v) is 9.07. The number of sulfonamides is 1. The molecule has 1 aliphatic rings. The van der Waals surface area contributed by atoms with Gasteiger partial charge in [-0.3, -0.25) is 0 Å². The molecule has 1 aromatic heterocycles. The lowest BCUT2D eigenvalue weighted by atomic mass is 10.0. The van der Waals surface area contributed by atoms with E-state index in [2.05, 4.69) is 43.2 Å². The van der Waals surface area contributed by atoms with E-state index < -0.39 is 10.0 Å². The Kier molecular flexibility index (Phi) is 7.45. The summed E-state index contributed by atoms with van der Waals surface area (Å²) >= 11 is 0. The van der Waals surface area contributed by atoms with Crippen LogP contribution >= 0.6 is 12.4 Å². The van der Waals surface area contributed by atoms with Crippen LogP contribution in [0.25, 0.3) is 0 Å². The fourth-order valence-electron chi connectivity index (χ4n) is 3.35. The van der Waals surface area contributed by atoms with Crippen LogP contribution in [0.2, 0.25) is 0 Å². The summed E-state index contributed by atoms with van der Waals surface area (Å²) in [6.07, 6.45) is 4.23. The zero-order valence-corrected chi connectivity index (χ0v) is 17.8. The van der Waals surface area contributed by atoms with E-state index in [0.29, 0.717) is 25.6 Å². The molecule has 3 rings (SSSR count). The molecule has 1 unspecified atom stereocenters. The molecule has 1 aromatic carbocycles. The summed E-state index contributed by atoms with van der Waals surface area (Å²) in [6.45, 7) is 8.76. The molecule has 8 heteroatoms. The standard InChI is InChI=1S/C19H28N4O2S.ClH/c1-4-16-5-7-17(8-6-16)18-11-20-9-10-23(18)26(24,25)19-13-22(14-21-19)12-15(2)3;/h5-8,13-15,18,20H,4,9-12H2,1-3H3;1H. The Morgan fingerprint density at radius 2 is 1.96 bits per heavy atom. The lowest BCUT2D eigenvalue weighted by molar-refractivity contribution is 0.271. The van der Waals surface area contributed by atoms with Crippen molar-refractivity contribution in [3.63, 3.8) is 0 Å². The van der Waals surface area contributed by atoms with E-state index in [1.54, 1.807) is 16.8 Å². The van der Waals surface area contributed by atoms with Crippen molar-refractivity contribution in [2.45, 2.75) is 44.8 Å². The fraction of sp³-hybridized carbons (Fsp3) is 0.526. The molecule has 1 saturated heterocycles. The van der Waals surface area contributed by atoms with E-state index in [1.807, 2.05) is 16.7 Å². The van der Waals surface area contributed by atoms with Crippen molar-refractivity contribution in [2.75, 3.05) is 19.6 Å². The van der Waals surface area contributed by atoms with E-state index >= 15 is 0 Å². The molecule has 0 spiro atoms. The molecule has 1 aliphatic heterocycles. The summed E-state index contributed by atoms with van der Waals surface area (Å²) in [5.41, 5.74) is 2.26. The molecule has 0 amide bonds. The third-order valence-electron chi connectivity index (χ3n) is 4.73. The van der Waals surface area contributed by atoms with Gasteiger partial charge in [0.25, 0.3) is 10.0 Å². The highest BCUT2D eigenvalue weighted by Crippen LogP contribution is 2.28. The molecule has 0 radical (unpaired) electrons. The molecule has 150 valence electrons. The normalized spacial score (nSPS) is 18.4. The van der Waals surface area contributed by atoms with Gasteiger partial charge in [-0.1, -0.05) is 45.0 Å². The first-order valence-electron chi connectivity index (χ1n) is 9.25. The predicted octanol–water partition coefficient (Wildman–Crippen LogP) is 2.86. The van der Waals surface area contributed by atoms with Gasteiger partial charge >= 0.3 is 0 Å². The van der Waals surface area contributed by atoms with Crippen molar-refractivity contribution < 1.29 is 8.42 Å². The highest BCUT2D eigenvalue weighted by molar-refractivity contribution is 7.89. The average Bonchev–Trinajstić information content (AvgIpc) is 3.10. The number of aryl methyl sites for hydroxylation is 1. The van der Waals surface area contributed by atoms with Gasteiger partial charge in [0.15, 0.2) is 5.03 Å². The van der Waals surface area contributed by atoms with E-state index in [0.717, 1.165) is 18.5 Å². The van der Waals surface area contributed by atoms with Gasteiger partial charge in [0.05, 0.1) is 12.4 Å². The SMILES string of the molecule is CCc1ccc(C2CNCCN2S(=O)(=O)c2cn(CC(C)C)cn2)cc1.Cl. The lowest BCUT2D eigenvalue weighted by Gasteiger charge is -2.35. The molecular formula is C19H29ClN4O2S. The number of imidazole rings is 1. The number of piperazine rings is 1. The van der Waals surface area contributed by atoms with Crippen molar-refractivity contribution in [2.24, 2.45) is 5.92 Å². The molecule has 0 aliphatic carbocycles. The number of hydrogen-bond donors (Lipinski definition) is 1. The molecule has 1 N–H and O–H groups in total. The van der Waals surface area contributed by atoms with Crippen LogP contribution in [0, 0.1) is 5.92 Å². The van der Waals surface area contributed by atoms with Gasteiger partial charge in [0.1, 0.15) is 0 Å². The zero-order valence-electron chi connectivity index (χ0n) is 16.1. The van der Waals surface area contributed by atoms with Crippen LogP contribution in [0.1, 0.15) is 37.9 Å². The first kappa shape index (κ1) is 21.9. The minimum atomic E-state index is -3.63. The number of aromatic nitrogens is 2. The Hall–Kier alpha value is -1.41. The Labute approximate surface area is 168 Å². The number of halogens is 1. The van der Waals surface area contributed by atoms with Gasteiger partial charge in [0.2, 0.25) is 0 Å². The van der Waals surface area contributed by atoms with Gasteiger partial charge in [-0.05, 0) is 23.5 Å². The summed E-state index contributed by atoms with van der Waals surface area (Å²) in [6, 6.07) is 8.01. The van der Waals surface area contributed by atoms with Gasteiger partial charge in [0, 0.05) is 32.4 Å². The third-order valence-corrected chi connectivity index (χ3v) is 6.52. The van der Waals surface area contributed by atoms with Crippen LogP contribution in [0.4, 0.5) is 0 Å². The molecule has 0 saturated carbocycles. The van der Waals surface area contributed by atoms with Crippen molar-refractivity contribution in [1.29, 1.82) is 0 Å². The lowest BCUT2D eigenvalue weighted by Crippen LogP contribution is -2.48. The smallest absolute Gasteiger partial charge is 0.262 e. The van der Waals surface area contributed by atoms with Crippen LogP contribution in [-0.4, -0.2) is 41.9 Å². The minimum Gasteiger partial charge on any atom is -0.336 e.